The van der Waals surface area contributed by atoms with Crippen molar-refractivity contribution in [3.8, 4) is 0 Å². The molecular weight excluding hydrogens is 148 g/mol. The monoisotopic (exact) mass is 168 g/mol. The minimum absolute atomic E-state index is 0.875. The van der Waals surface area contributed by atoms with E-state index in [1.807, 2.05) is 0 Å². The normalized spacial score (nSPS) is 33.2. The lowest BCUT2D eigenvalue weighted by Crippen LogP contribution is -2.49. The van der Waals surface area contributed by atoms with E-state index in [0.717, 1.165) is 12.0 Å². The van der Waals surface area contributed by atoms with E-state index in [1.165, 1.54) is 45.4 Å². The third kappa shape index (κ3) is 1.80. The molecule has 2 heteroatoms. The van der Waals surface area contributed by atoms with Gasteiger partial charge in [-0.15, -0.1) is 0 Å². The first kappa shape index (κ1) is 8.52. The molecule has 0 aliphatic carbocycles. The number of hydrogen-bond acceptors (Lipinski definition) is 2. The zero-order valence-electron chi connectivity index (χ0n) is 8.05. The van der Waals surface area contributed by atoms with Gasteiger partial charge < -0.3 is 10.2 Å². The van der Waals surface area contributed by atoms with Crippen LogP contribution in [0.25, 0.3) is 0 Å². The van der Waals surface area contributed by atoms with Crippen LogP contribution in [0.2, 0.25) is 0 Å². The van der Waals surface area contributed by atoms with Gasteiger partial charge in [0.1, 0.15) is 0 Å². The van der Waals surface area contributed by atoms with Crippen molar-refractivity contribution in [2.45, 2.75) is 32.2 Å². The van der Waals surface area contributed by atoms with Crippen LogP contribution in [0.4, 0.5) is 0 Å². The number of piperidine rings is 1. The Morgan fingerprint density at radius 1 is 1.25 bits per heavy atom. The summed E-state index contributed by atoms with van der Waals surface area (Å²) < 4.78 is 0. The van der Waals surface area contributed by atoms with Gasteiger partial charge in [0.2, 0.25) is 0 Å². The van der Waals surface area contributed by atoms with E-state index >= 15 is 0 Å². The van der Waals surface area contributed by atoms with Gasteiger partial charge in [0.05, 0.1) is 0 Å². The molecule has 0 bridgehead atoms. The van der Waals surface area contributed by atoms with Crippen molar-refractivity contribution in [1.82, 2.24) is 10.2 Å². The Morgan fingerprint density at radius 3 is 2.50 bits per heavy atom. The molecule has 1 N–H and O–H groups in total. The van der Waals surface area contributed by atoms with Crippen LogP contribution in [0.15, 0.2) is 0 Å². The molecule has 2 aliphatic rings. The number of nitrogens with zero attached hydrogens (tertiary/aromatic N) is 1. The van der Waals surface area contributed by atoms with Gasteiger partial charge >= 0.3 is 0 Å². The maximum absolute atomic E-state index is 3.42. The molecule has 0 saturated carbocycles. The molecule has 0 aromatic heterocycles. The molecule has 0 spiro atoms. The highest BCUT2D eigenvalue weighted by atomic mass is 15.2. The first-order chi connectivity index (χ1) is 5.86. The van der Waals surface area contributed by atoms with Gasteiger partial charge in [-0.2, -0.15) is 0 Å². The molecule has 70 valence electrons. The quantitative estimate of drug-likeness (QED) is 0.664. The van der Waals surface area contributed by atoms with E-state index in [0.29, 0.717) is 0 Å². The molecule has 0 radical (unpaired) electrons. The molecule has 0 aromatic rings. The molecule has 0 aromatic carbocycles. The zero-order valence-corrected chi connectivity index (χ0v) is 8.05. The zero-order chi connectivity index (χ0) is 8.39. The van der Waals surface area contributed by atoms with Gasteiger partial charge in [0.15, 0.2) is 0 Å². The molecule has 2 aliphatic heterocycles. The largest absolute Gasteiger partial charge is 0.317 e. The Kier molecular flexibility index (Phi) is 2.66. The van der Waals surface area contributed by atoms with Crippen LogP contribution >= 0.6 is 0 Å². The highest BCUT2D eigenvalue weighted by Gasteiger charge is 2.26. The lowest BCUT2D eigenvalue weighted by atomic mass is 9.94. The minimum Gasteiger partial charge on any atom is -0.317 e. The van der Waals surface area contributed by atoms with Crippen molar-refractivity contribution >= 4 is 0 Å². The third-order valence-electron chi connectivity index (χ3n) is 3.41. The topological polar surface area (TPSA) is 15.3 Å². The third-order valence-corrected chi connectivity index (χ3v) is 3.41. The van der Waals surface area contributed by atoms with Crippen molar-refractivity contribution in [3.63, 3.8) is 0 Å². The highest BCUT2D eigenvalue weighted by Crippen LogP contribution is 2.21. The maximum atomic E-state index is 3.42. The second-order valence-corrected chi connectivity index (χ2v) is 4.33. The van der Waals surface area contributed by atoms with Crippen LogP contribution in [0.5, 0.6) is 0 Å². The van der Waals surface area contributed by atoms with Crippen molar-refractivity contribution in [1.29, 1.82) is 0 Å². The number of likely N-dealkylation sites (tertiary alicyclic amines) is 1. The number of rotatable bonds is 2. The van der Waals surface area contributed by atoms with Crippen LogP contribution in [0, 0.1) is 5.92 Å². The van der Waals surface area contributed by atoms with Crippen LogP contribution in [-0.4, -0.2) is 37.1 Å². The smallest absolute Gasteiger partial charge is 0.00792 e. The molecule has 2 nitrogen and oxygen atoms in total. The van der Waals surface area contributed by atoms with Gasteiger partial charge in [-0.25, -0.2) is 0 Å². The molecule has 2 fully saturated rings. The van der Waals surface area contributed by atoms with Gasteiger partial charge in [-0.05, 0) is 51.7 Å². The fraction of sp³-hybridized carbons (Fsp3) is 1.00. The lowest BCUT2D eigenvalue weighted by Gasteiger charge is -2.41. The summed E-state index contributed by atoms with van der Waals surface area (Å²) in [7, 11) is 0. The molecule has 2 rings (SSSR count). The summed E-state index contributed by atoms with van der Waals surface area (Å²) >= 11 is 0. The van der Waals surface area contributed by atoms with E-state index in [1.54, 1.807) is 0 Å². The summed E-state index contributed by atoms with van der Waals surface area (Å²) in [6, 6.07) is 0.875. The van der Waals surface area contributed by atoms with Crippen molar-refractivity contribution in [2.75, 3.05) is 26.2 Å². The molecule has 2 saturated heterocycles. The number of hydrogen-bond donors (Lipinski definition) is 1. The average molecular weight is 168 g/mol. The molecular formula is C10H20N2. The average Bonchev–Trinajstić information content (AvgIpc) is 2.14. The molecule has 1 atom stereocenters. The minimum atomic E-state index is 0.875. The predicted molar refractivity (Wildman–Crippen MR) is 51.2 cm³/mol. The van der Waals surface area contributed by atoms with Gasteiger partial charge in [0, 0.05) is 12.6 Å². The summed E-state index contributed by atoms with van der Waals surface area (Å²) in [5.74, 6) is 0.981. The fourth-order valence-electron chi connectivity index (χ4n) is 2.24. The van der Waals surface area contributed by atoms with Crippen LogP contribution in [0.1, 0.15) is 26.2 Å². The van der Waals surface area contributed by atoms with Gasteiger partial charge in [-0.3, -0.25) is 0 Å². The van der Waals surface area contributed by atoms with Crippen LogP contribution < -0.4 is 5.32 Å². The first-order valence-electron chi connectivity index (χ1n) is 5.31. The van der Waals surface area contributed by atoms with E-state index in [-0.39, 0.29) is 0 Å². The molecule has 12 heavy (non-hydrogen) atoms. The predicted octanol–water partition coefficient (Wildman–Crippen LogP) is 1.08. The second kappa shape index (κ2) is 3.75. The first-order valence-corrected chi connectivity index (χ1v) is 5.31. The lowest BCUT2D eigenvalue weighted by molar-refractivity contribution is 0.0763. The van der Waals surface area contributed by atoms with Crippen molar-refractivity contribution in [3.05, 3.63) is 0 Å². The summed E-state index contributed by atoms with van der Waals surface area (Å²) in [5, 5.41) is 3.42. The van der Waals surface area contributed by atoms with Crippen molar-refractivity contribution in [2.24, 2.45) is 5.92 Å². The fourth-order valence-corrected chi connectivity index (χ4v) is 2.24. The highest BCUT2D eigenvalue weighted by molar-refractivity contribution is 4.82. The summed E-state index contributed by atoms with van der Waals surface area (Å²) in [4.78, 5) is 2.63. The van der Waals surface area contributed by atoms with Crippen molar-refractivity contribution < 1.29 is 0 Å². The van der Waals surface area contributed by atoms with Gasteiger partial charge in [-0.1, -0.05) is 0 Å². The summed E-state index contributed by atoms with van der Waals surface area (Å²) in [6.45, 7) is 7.55. The van der Waals surface area contributed by atoms with E-state index in [2.05, 4.69) is 17.1 Å². The Hall–Kier alpha value is -0.0800. The maximum Gasteiger partial charge on any atom is 0.00792 e. The molecule has 0 amide bonds. The van der Waals surface area contributed by atoms with E-state index in [4.69, 9.17) is 0 Å². The SMILES string of the molecule is CC1CCN1CC1CCNCC1. The molecule has 1 unspecified atom stereocenters. The standard InChI is InChI=1S/C10H20N2/c1-9-4-7-12(9)8-10-2-5-11-6-3-10/h9-11H,2-8H2,1H3. The van der Waals surface area contributed by atoms with Gasteiger partial charge in [0.25, 0.3) is 0 Å². The second-order valence-electron chi connectivity index (χ2n) is 4.33. The van der Waals surface area contributed by atoms with Crippen LogP contribution in [-0.2, 0) is 0 Å². The Labute approximate surface area is 75.3 Å². The summed E-state index contributed by atoms with van der Waals surface area (Å²) in [6.07, 6.45) is 4.21. The molecule has 2 heterocycles. The Bertz CT molecular complexity index is 141. The van der Waals surface area contributed by atoms with E-state index < -0.39 is 0 Å². The number of nitrogens with one attached hydrogen (secondary N) is 1. The summed E-state index contributed by atoms with van der Waals surface area (Å²) in [5.41, 5.74) is 0. The Morgan fingerprint density at radius 2 is 2.00 bits per heavy atom. The van der Waals surface area contributed by atoms with Crippen LogP contribution in [0.3, 0.4) is 0 Å². The van der Waals surface area contributed by atoms with E-state index in [9.17, 15) is 0 Å². The Balaban J connectivity index is 1.70.